The van der Waals surface area contributed by atoms with Crippen LogP contribution in [-0.2, 0) is 0 Å². The predicted octanol–water partition coefficient (Wildman–Crippen LogP) is 1.49. The van der Waals surface area contributed by atoms with Crippen molar-refractivity contribution in [3.05, 3.63) is 18.2 Å². The molecule has 1 rings (SSSR count). The van der Waals surface area contributed by atoms with Crippen molar-refractivity contribution in [2.75, 3.05) is 38.8 Å². The molecule has 4 heteroatoms. The van der Waals surface area contributed by atoms with Gasteiger partial charge in [-0.25, -0.2) is 0 Å². The first-order valence-electron chi connectivity index (χ1n) is 5.43. The number of rotatable bonds is 6. The van der Waals surface area contributed by atoms with E-state index in [1.54, 1.807) is 14.2 Å². The summed E-state index contributed by atoms with van der Waals surface area (Å²) in [5, 5.41) is 0. The number of hydrogen-bond acceptors (Lipinski definition) is 4. The van der Waals surface area contributed by atoms with Crippen LogP contribution >= 0.6 is 0 Å². The van der Waals surface area contributed by atoms with Crippen molar-refractivity contribution in [3.63, 3.8) is 0 Å². The van der Waals surface area contributed by atoms with E-state index in [0.29, 0.717) is 6.54 Å². The molecule has 0 aliphatic rings. The van der Waals surface area contributed by atoms with Crippen molar-refractivity contribution in [2.24, 2.45) is 5.73 Å². The summed E-state index contributed by atoms with van der Waals surface area (Å²) in [5.41, 5.74) is 6.61. The molecule has 0 aromatic heterocycles. The predicted molar refractivity (Wildman–Crippen MR) is 66.5 cm³/mol. The lowest BCUT2D eigenvalue weighted by atomic mass is 10.2. The van der Waals surface area contributed by atoms with E-state index in [4.69, 9.17) is 15.2 Å². The normalized spacial score (nSPS) is 10.0. The topological polar surface area (TPSA) is 47.7 Å². The molecule has 1 aromatic rings. The molecule has 0 aliphatic carbocycles. The smallest absolute Gasteiger partial charge is 0.142 e. The van der Waals surface area contributed by atoms with E-state index >= 15 is 0 Å². The van der Waals surface area contributed by atoms with E-state index in [9.17, 15) is 0 Å². The summed E-state index contributed by atoms with van der Waals surface area (Å²) in [7, 11) is 3.33. The van der Waals surface area contributed by atoms with Gasteiger partial charge in [-0.1, -0.05) is 0 Å². The number of ether oxygens (including phenoxy) is 2. The summed E-state index contributed by atoms with van der Waals surface area (Å²) in [6.07, 6.45) is 0. The highest BCUT2D eigenvalue weighted by Gasteiger charge is 2.10. The highest BCUT2D eigenvalue weighted by molar-refractivity contribution is 5.61. The maximum Gasteiger partial charge on any atom is 0.142 e. The number of likely N-dealkylation sites (N-methyl/N-ethyl adjacent to an activating group) is 1. The molecule has 0 fully saturated rings. The molecular formula is C12H20N2O2. The van der Waals surface area contributed by atoms with Gasteiger partial charge < -0.3 is 20.1 Å². The second-order valence-corrected chi connectivity index (χ2v) is 3.41. The summed E-state index contributed by atoms with van der Waals surface area (Å²) in [5.74, 6) is 1.67. The molecule has 16 heavy (non-hydrogen) atoms. The van der Waals surface area contributed by atoms with E-state index in [0.717, 1.165) is 30.3 Å². The van der Waals surface area contributed by atoms with Gasteiger partial charge in [-0.2, -0.15) is 0 Å². The summed E-state index contributed by atoms with van der Waals surface area (Å²) in [6, 6.07) is 5.77. The molecule has 0 saturated carbocycles. The molecule has 1 aromatic carbocycles. The molecular weight excluding hydrogens is 204 g/mol. The Labute approximate surface area is 96.9 Å². The van der Waals surface area contributed by atoms with E-state index < -0.39 is 0 Å². The minimum Gasteiger partial charge on any atom is -0.497 e. The first-order valence-corrected chi connectivity index (χ1v) is 5.43. The van der Waals surface area contributed by atoms with Crippen LogP contribution < -0.4 is 20.1 Å². The number of nitrogens with two attached hydrogens (primary N) is 1. The average molecular weight is 224 g/mol. The lowest BCUT2D eigenvalue weighted by molar-refractivity contribution is 0.403. The monoisotopic (exact) mass is 224 g/mol. The maximum atomic E-state index is 5.59. The molecule has 90 valence electrons. The fraction of sp³-hybridized carbons (Fsp3) is 0.500. The second kappa shape index (κ2) is 6.23. The van der Waals surface area contributed by atoms with Crippen molar-refractivity contribution < 1.29 is 9.47 Å². The summed E-state index contributed by atoms with van der Waals surface area (Å²) in [4.78, 5) is 2.17. The molecule has 4 nitrogen and oxygen atoms in total. The fourth-order valence-corrected chi connectivity index (χ4v) is 1.65. The molecule has 0 amide bonds. The van der Waals surface area contributed by atoms with Crippen molar-refractivity contribution >= 4 is 5.69 Å². The van der Waals surface area contributed by atoms with Crippen molar-refractivity contribution in [1.29, 1.82) is 0 Å². The Kier molecular flexibility index (Phi) is 4.92. The molecule has 2 N–H and O–H groups in total. The third-order valence-electron chi connectivity index (χ3n) is 2.51. The molecule has 0 saturated heterocycles. The fourth-order valence-electron chi connectivity index (χ4n) is 1.65. The number of anilines is 1. The third-order valence-corrected chi connectivity index (χ3v) is 2.51. The van der Waals surface area contributed by atoms with Crippen molar-refractivity contribution in [2.45, 2.75) is 6.92 Å². The molecule has 0 unspecified atom stereocenters. The third kappa shape index (κ3) is 2.79. The Morgan fingerprint density at radius 3 is 2.50 bits per heavy atom. The zero-order chi connectivity index (χ0) is 12.0. The number of hydrogen-bond donors (Lipinski definition) is 1. The van der Waals surface area contributed by atoms with Crippen LogP contribution in [0.3, 0.4) is 0 Å². The second-order valence-electron chi connectivity index (χ2n) is 3.41. The van der Waals surface area contributed by atoms with Gasteiger partial charge in [-0.3, -0.25) is 0 Å². The van der Waals surface area contributed by atoms with Crippen LogP contribution in [0.15, 0.2) is 18.2 Å². The Balaban J connectivity index is 3.05. The molecule has 0 bridgehead atoms. The molecule has 0 aliphatic heterocycles. The first-order chi connectivity index (χ1) is 7.76. The van der Waals surface area contributed by atoms with Crippen molar-refractivity contribution in [3.8, 4) is 11.5 Å². The van der Waals surface area contributed by atoms with Gasteiger partial charge in [-0.15, -0.1) is 0 Å². The Hall–Kier alpha value is -1.42. The van der Waals surface area contributed by atoms with Gasteiger partial charge in [0.25, 0.3) is 0 Å². The molecule has 0 heterocycles. The highest BCUT2D eigenvalue weighted by Crippen LogP contribution is 2.31. The van der Waals surface area contributed by atoms with Crippen LogP contribution in [0.2, 0.25) is 0 Å². The Morgan fingerprint density at radius 1 is 1.25 bits per heavy atom. The van der Waals surface area contributed by atoms with E-state index in [2.05, 4.69) is 11.8 Å². The number of nitrogens with zero attached hydrogens (tertiary/aromatic N) is 1. The Morgan fingerprint density at radius 2 is 2.00 bits per heavy atom. The molecule has 0 radical (unpaired) electrons. The lowest BCUT2D eigenvalue weighted by Crippen LogP contribution is -2.29. The molecule has 0 spiro atoms. The van der Waals surface area contributed by atoms with Crippen LogP contribution in [0, 0.1) is 0 Å². The van der Waals surface area contributed by atoms with Gasteiger partial charge >= 0.3 is 0 Å². The maximum absolute atomic E-state index is 5.59. The van der Waals surface area contributed by atoms with Crippen LogP contribution in [0.4, 0.5) is 5.69 Å². The van der Waals surface area contributed by atoms with E-state index in [1.807, 2.05) is 18.2 Å². The quantitative estimate of drug-likeness (QED) is 0.795. The van der Waals surface area contributed by atoms with Gasteiger partial charge in [0, 0.05) is 25.7 Å². The van der Waals surface area contributed by atoms with Crippen LogP contribution in [0.5, 0.6) is 11.5 Å². The van der Waals surface area contributed by atoms with Crippen LogP contribution in [-0.4, -0.2) is 33.9 Å². The van der Waals surface area contributed by atoms with E-state index in [-0.39, 0.29) is 0 Å². The highest BCUT2D eigenvalue weighted by atomic mass is 16.5. The first kappa shape index (κ1) is 12.6. The number of benzene rings is 1. The minimum absolute atomic E-state index is 0.619. The zero-order valence-electron chi connectivity index (χ0n) is 10.2. The van der Waals surface area contributed by atoms with Gasteiger partial charge in [0.2, 0.25) is 0 Å². The SMILES string of the molecule is CCN(CCN)c1cc(OC)ccc1OC. The zero-order valence-corrected chi connectivity index (χ0v) is 10.2. The minimum atomic E-state index is 0.619. The van der Waals surface area contributed by atoms with Gasteiger partial charge in [0.15, 0.2) is 0 Å². The largest absolute Gasteiger partial charge is 0.497 e. The van der Waals surface area contributed by atoms with Crippen molar-refractivity contribution in [1.82, 2.24) is 0 Å². The van der Waals surface area contributed by atoms with Crippen LogP contribution in [0.1, 0.15) is 6.92 Å². The van der Waals surface area contributed by atoms with E-state index in [1.165, 1.54) is 0 Å². The summed E-state index contributed by atoms with van der Waals surface area (Å²) < 4.78 is 10.5. The standard InChI is InChI=1S/C12H20N2O2/c1-4-14(8-7-13)11-9-10(15-2)5-6-12(11)16-3/h5-6,9H,4,7-8,13H2,1-3H3. The van der Waals surface area contributed by atoms with Gasteiger partial charge in [0.1, 0.15) is 11.5 Å². The van der Waals surface area contributed by atoms with Gasteiger partial charge in [0.05, 0.1) is 19.9 Å². The van der Waals surface area contributed by atoms with Crippen LogP contribution in [0.25, 0.3) is 0 Å². The van der Waals surface area contributed by atoms with Gasteiger partial charge in [-0.05, 0) is 19.1 Å². The lowest BCUT2D eigenvalue weighted by Gasteiger charge is -2.24. The average Bonchev–Trinajstić information content (AvgIpc) is 2.35. The molecule has 0 atom stereocenters. The summed E-state index contributed by atoms with van der Waals surface area (Å²) >= 11 is 0. The summed E-state index contributed by atoms with van der Waals surface area (Å²) in [6.45, 7) is 4.41. The number of methoxy groups -OCH3 is 2. The Bertz CT molecular complexity index is 329.